The molecule has 58 heavy (non-hydrogen) atoms. The van der Waals surface area contributed by atoms with Crippen LogP contribution in [0, 0.1) is 17.8 Å². The van der Waals surface area contributed by atoms with Crippen molar-refractivity contribution in [3.8, 4) is 28.7 Å². The third kappa shape index (κ3) is 8.33. The van der Waals surface area contributed by atoms with Crippen molar-refractivity contribution >= 4 is 23.7 Å². The van der Waals surface area contributed by atoms with Crippen LogP contribution >= 0.6 is 0 Å². The number of hydrogen-bond donors (Lipinski definition) is 1. The fourth-order valence-electron chi connectivity index (χ4n) is 8.24. The average Bonchev–Trinajstić information content (AvgIpc) is 3.81. The molecule has 3 fully saturated rings. The minimum Gasteiger partial charge on any atom is -0.493 e. The second kappa shape index (κ2) is 17.4. The van der Waals surface area contributed by atoms with Crippen molar-refractivity contribution < 1.29 is 76.4 Å². The number of rotatable bonds is 14. The van der Waals surface area contributed by atoms with Gasteiger partial charge in [-0.3, -0.25) is 24.1 Å². The van der Waals surface area contributed by atoms with Crippen molar-refractivity contribution in [1.82, 2.24) is 4.90 Å². The Morgan fingerprint density at radius 3 is 2.26 bits per heavy atom. The molecule has 1 N–H and O–H groups in total. The number of fused-ring (bicyclic) bond motifs is 4. The first-order valence-corrected chi connectivity index (χ1v) is 19.5. The Balaban J connectivity index is 1.26. The molecule has 0 aromatic heterocycles. The van der Waals surface area contributed by atoms with Gasteiger partial charge in [-0.2, -0.15) is 0 Å². The highest BCUT2D eigenvalue weighted by molar-refractivity contribution is 5.81. The number of carbonyl (C=O) groups is 4. The Hall–Kier alpha value is -4.52. The van der Waals surface area contributed by atoms with Gasteiger partial charge in [-0.15, -0.1) is 0 Å². The van der Waals surface area contributed by atoms with Gasteiger partial charge >= 0.3 is 17.9 Å². The number of carbonyl (C=O) groups excluding carboxylic acids is 4. The lowest BCUT2D eigenvalue weighted by molar-refractivity contribution is -0.365. The summed E-state index contributed by atoms with van der Waals surface area (Å²) < 4.78 is 65.2. The molecule has 4 aliphatic heterocycles. The largest absolute Gasteiger partial charge is 0.493 e. The van der Waals surface area contributed by atoms with Crippen LogP contribution in [0.15, 0.2) is 24.3 Å². The molecule has 10 atom stereocenters. The number of benzene rings is 2. The van der Waals surface area contributed by atoms with Gasteiger partial charge in [0.25, 0.3) is 0 Å². The number of nitrogens with zero attached hydrogens (tertiary/aromatic N) is 1. The molecule has 2 aromatic carbocycles. The number of esters is 3. The molecule has 316 valence electrons. The molecule has 3 saturated heterocycles. The van der Waals surface area contributed by atoms with Gasteiger partial charge in [-0.1, -0.05) is 13.8 Å². The van der Waals surface area contributed by atoms with Gasteiger partial charge in [0.05, 0.1) is 46.0 Å². The first-order valence-electron chi connectivity index (χ1n) is 19.5. The number of hydrogen-bond acceptors (Lipinski definition) is 17. The molecular formula is C41H51NO16. The number of ketones is 1. The zero-order valence-corrected chi connectivity index (χ0v) is 33.6. The van der Waals surface area contributed by atoms with Crippen LogP contribution in [0.5, 0.6) is 28.7 Å². The fraction of sp³-hybridized carbons (Fsp3) is 0.610. The van der Waals surface area contributed by atoms with E-state index < -0.39 is 78.8 Å². The summed E-state index contributed by atoms with van der Waals surface area (Å²) in [6.45, 7) is 5.30. The first kappa shape index (κ1) is 41.6. The number of aliphatic hydroxyl groups is 1. The molecule has 0 bridgehead atoms. The number of ether oxygens (including phenoxy) is 11. The first-order chi connectivity index (χ1) is 27.8. The van der Waals surface area contributed by atoms with Crippen LogP contribution in [0.3, 0.4) is 0 Å². The van der Waals surface area contributed by atoms with Gasteiger partial charge in [0.2, 0.25) is 12.5 Å². The van der Waals surface area contributed by atoms with E-state index in [0.717, 1.165) is 0 Å². The lowest BCUT2D eigenvalue weighted by Gasteiger charge is -2.48. The molecule has 0 spiro atoms. The summed E-state index contributed by atoms with van der Waals surface area (Å²) in [4.78, 5) is 53.8. The zero-order chi connectivity index (χ0) is 41.4. The van der Waals surface area contributed by atoms with Crippen LogP contribution in [0.2, 0.25) is 0 Å². The van der Waals surface area contributed by atoms with Crippen molar-refractivity contribution in [2.45, 2.75) is 89.1 Å². The molecule has 5 aliphatic rings. The summed E-state index contributed by atoms with van der Waals surface area (Å²) >= 11 is 0. The Morgan fingerprint density at radius 1 is 0.914 bits per heavy atom. The van der Waals surface area contributed by atoms with Gasteiger partial charge in [-0.25, -0.2) is 0 Å². The maximum atomic E-state index is 13.9. The second-order valence-electron chi connectivity index (χ2n) is 15.6. The highest BCUT2D eigenvalue weighted by Crippen LogP contribution is 2.57. The van der Waals surface area contributed by atoms with Crippen molar-refractivity contribution in [2.75, 3.05) is 54.9 Å². The minimum absolute atomic E-state index is 0.00982. The molecule has 0 radical (unpaired) electrons. The topological polar surface area (TPSA) is 193 Å². The van der Waals surface area contributed by atoms with Gasteiger partial charge in [0.15, 0.2) is 41.7 Å². The fourth-order valence-corrected chi connectivity index (χ4v) is 8.24. The van der Waals surface area contributed by atoms with Gasteiger partial charge < -0.3 is 57.2 Å². The SMILES string of the molecule is COc1cc([C@@H]2c3cc4c(cc3[C@@H](O[C@@H]3O[C@@H]5CO[C@@H](C)O[C@H]5[C@H](O)[C@H]3OC(=O)CCCC(=O)C(C)C)[C@H]3COC(=O)[C@H]23)OCO4)cc(OC)c1OC(=O)CN(C)C. The summed E-state index contributed by atoms with van der Waals surface area (Å²) in [6, 6.07) is 6.96. The lowest BCUT2D eigenvalue weighted by Crippen LogP contribution is -2.64. The van der Waals surface area contributed by atoms with Gasteiger partial charge in [-0.05, 0) is 68.4 Å². The lowest BCUT2D eigenvalue weighted by atomic mass is 9.66. The zero-order valence-electron chi connectivity index (χ0n) is 33.6. The number of Topliss-reactive ketones (excluding diaryl/α,β-unsaturated/α-hetero) is 1. The third-order valence-electron chi connectivity index (χ3n) is 11.1. The van der Waals surface area contributed by atoms with Crippen molar-refractivity contribution in [3.05, 3.63) is 41.0 Å². The maximum absolute atomic E-state index is 13.9. The van der Waals surface area contributed by atoms with Crippen molar-refractivity contribution in [1.29, 1.82) is 0 Å². The highest BCUT2D eigenvalue weighted by atomic mass is 16.8. The van der Waals surface area contributed by atoms with Crippen molar-refractivity contribution in [2.24, 2.45) is 17.8 Å². The van der Waals surface area contributed by atoms with Crippen LogP contribution in [-0.2, 0) is 47.6 Å². The molecule has 4 heterocycles. The summed E-state index contributed by atoms with van der Waals surface area (Å²) in [5.41, 5.74) is 1.83. The van der Waals surface area contributed by atoms with E-state index in [1.165, 1.54) is 14.2 Å². The van der Waals surface area contributed by atoms with E-state index in [-0.39, 0.29) is 74.8 Å². The number of aliphatic hydroxyl groups excluding tert-OH is 1. The van der Waals surface area contributed by atoms with Crippen molar-refractivity contribution in [3.63, 3.8) is 0 Å². The normalized spacial score (nSPS) is 29.6. The molecule has 2 aromatic rings. The van der Waals surface area contributed by atoms with E-state index in [9.17, 15) is 24.3 Å². The maximum Gasteiger partial charge on any atom is 0.325 e. The Morgan fingerprint density at radius 2 is 1.60 bits per heavy atom. The molecule has 7 rings (SSSR count). The molecule has 0 unspecified atom stereocenters. The predicted octanol–water partition coefficient (Wildman–Crippen LogP) is 3.05. The van der Waals surface area contributed by atoms with Gasteiger partial charge in [0, 0.05) is 30.6 Å². The Kier molecular flexibility index (Phi) is 12.5. The Bertz CT molecular complexity index is 1860. The van der Waals surface area contributed by atoms with E-state index in [1.54, 1.807) is 64.0 Å². The van der Waals surface area contributed by atoms with E-state index >= 15 is 0 Å². The molecular weight excluding hydrogens is 762 g/mol. The third-order valence-corrected chi connectivity index (χ3v) is 11.1. The summed E-state index contributed by atoms with van der Waals surface area (Å²) in [5, 5.41) is 11.7. The number of cyclic esters (lactones) is 1. The van der Waals surface area contributed by atoms with E-state index in [0.29, 0.717) is 28.2 Å². The van der Waals surface area contributed by atoms with E-state index in [4.69, 9.17) is 52.1 Å². The quantitative estimate of drug-likeness (QED) is 0.216. The monoisotopic (exact) mass is 813 g/mol. The molecule has 0 saturated carbocycles. The smallest absolute Gasteiger partial charge is 0.325 e. The standard InChI is InChI=1S/C41H51NO16/c1-19(2)25(43)9-8-10-31(44)56-39-35(46)38-30(17-50-20(3)54-38)55-41(39)58-36-23-14-27-26(52-18-53-27)13-22(23)33(34-24(36)16-51-40(34)47)21-11-28(48-6)37(29(12-21)49-7)57-32(45)15-42(4)5/h11-14,19-20,24,30,33-36,38-39,41,46H,8-10,15-18H2,1-7H3/t20-,24+,30-,33-,34+,35+,36-,38-,39-,41+/m1/s1. The number of methoxy groups -OCH3 is 2. The minimum atomic E-state index is -1.38. The Labute approximate surface area is 335 Å². The molecule has 0 amide bonds. The summed E-state index contributed by atoms with van der Waals surface area (Å²) in [7, 11) is 6.35. The van der Waals surface area contributed by atoms with Gasteiger partial charge in [0.1, 0.15) is 24.1 Å². The van der Waals surface area contributed by atoms with Crippen LogP contribution in [0.4, 0.5) is 0 Å². The van der Waals surface area contributed by atoms with Crippen LogP contribution in [-0.4, -0.2) is 126 Å². The number of likely N-dealkylation sites (N-methyl/N-ethyl adjacent to an activating group) is 1. The predicted molar refractivity (Wildman–Crippen MR) is 198 cm³/mol. The molecule has 17 nitrogen and oxygen atoms in total. The summed E-state index contributed by atoms with van der Waals surface area (Å²) in [5.74, 6) is -2.58. The van der Waals surface area contributed by atoms with E-state index in [2.05, 4.69) is 0 Å². The molecule has 1 aliphatic carbocycles. The second-order valence-corrected chi connectivity index (χ2v) is 15.6. The summed E-state index contributed by atoms with van der Waals surface area (Å²) in [6.07, 6.45) is -6.97. The molecule has 17 heteroatoms. The average molecular weight is 814 g/mol. The highest BCUT2D eigenvalue weighted by Gasteiger charge is 2.57. The van der Waals surface area contributed by atoms with Crippen LogP contribution in [0.25, 0.3) is 0 Å². The van der Waals surface area contributed by atoms with Crippen LogP contribution < -0.4 is 23.7 Å². The van der Waals surface area contributed by atoms with E-state index in [1.807, 2.05) is 0 Å². The van der Waals surface area contributed by atoms with Crippen LogP contribution in [0.1, 0.15) is 68.7 Å².